The monoisotopic (exact) mass is 358 g/mol. The number of nitrogens with two attached hydrogens (primary N) is 1. The second-order valence-electron chi connectivity index (χ2n) is 5.91. The van der Waals surface area contributed by atoms with E-state index in [1.807, 2.05) is 36.4 Å². The minimum atomic E-state index is -0.189. The van der Waals surface area contributed by atoms with Crippen LogP contribution in [0.4, 0.5) is 5.69 Å². The van der Waals surface area contributed by atoms with E-state index in [9.17, 15) is 4.79 Å². The first-order valence-electron chi connectivity index (χ1n) is 7.49. The third-order valence-corrected chi connectivity index (χ3v) is 4.86. The normalized spacial score (nSPS) is 15.9. The molecule has 0 radical (unpaired) electrons. The number of halogens is 1. The highest BCUT2D eigenvalue weighted by Crippen LogP contribution is 2.41. The van der Waals surface area contributed by atoms with Crippen molar-refractivity contribution in [3.63, 3.8) is 0 Å². The molecular formula is C18H19BrN2O. The Morgan fingerprint density at radius 3 is 2.27 bits per heavy atom. The predicted molar refractivity (Wildman–Crippen MR) is 92.4 cm³/mol. The van der Waals surface area contributed by atoms with Gasteiger partial charge in [0.05, 0.1) is 12.0 Å². The summed E-state index contributed by atoms with van der Waals surface area (Å²) >= 11 is 3.46. The number of carbonyl (C=O) groups excluding carboxylic acids is 1. The Kier molecular flexibility index (Phi) is 4.21. The number of hydrogen-bond donors (Lipinski definition) is 2. The molecule has 3 N–H and O–H groups in total. The fourth-order valence-electron chi connectivity index (χ4n) is 2.92. The molecule has 0 heterocycles. The molecule has 0 unspecified atom stereocenters. The van der Waals surface area contributed by atoms with Gasteiger partial charge in [0.25, 0.3) is 0 Å². The van der Waals surface area contributed by atoms with Gasteiger partial charge in [-0.25, -0.2) is 0 Å². The molecule has 0 saturated heterocycles. The molecule has 22 heavy (non-hydrogen) atoms. The molecule has 1 aliphatic carbocycles. The minimum absolute atomic E-state index is 0.0624. The third-order valence-electron chi connectivity index (χ3n) is 4.33. The molecule has 4 heteroatoms. The quantitative estimate of drug-likeness (QED) is 0.817. The summed E-state index contributed by atoms with van der Waals surface area (Å²) in [6, 6.07) is 15.7. The van der Waals surface area contributed by atoms with Gasteiger partial charge in [-0.15, -0.1) is 0 Å². The molecule has 0 bridgehead atoms. The summed E-state index contributed by atoms with van der Waals surface area (Å²) in [7, 11) is 0. The van der Waals surface area contributed by atoms with E-state index in [1.54, 1.807) is 0 Å². The number of nitrogens with one attached hydrogen (secondary N) is 1. The van der Waals surface area contributed by atoms with Crippen LogP contribution in [0.1, 0.15) is 30.4 Å². The Labute approximate surface area is 139 Å². The highest BCUT2D eigenvalue weighted by Gasteiger charge is 2.39. The second kappa shape index (κ2) is 6.13. The summed E-state index contributed by atoms with van der Waals surface area (Å²) in [6.07, 6.45) is 3.54. The Morgan fingerprint density at radius 2 is 1.73 bits per heavy atom. The number of nitrogen functional groups attached to an aromatic ring is 1. The molecule has 1 saturated carbocycles. The van der Waals surface area contributed by atoms with Crippen LogP contribution in [-0.2, 0) is 16.8 Å². The highest BCUT2D eigenvalue weighted by atomic mass is 79.9. The maximum absolute atomic E-state index is 12.4. The molecule has 3 rings (SSSR count). The lowest BCUT2D eigenvalue weighted by Crippen LogP contribution is -2.51. The predicted octanol–water partition coefficient (Wildman–Crippen LogP) is 3.77. The van der Waals surface area contributed by atoms with Gasteiger partial charge in [0.1, 0.15) is 0 Å². The largest absolute Gasteiger partial charge is 0.399 e. The molecular weight excluding hydrogens is 340 g/mol. The van der Waals surface area contributed by atoms with Crippen LogP contribution in [0.3, 0.4) is 0 Å². The van der Waals surface area contributed by atoms with Crippen molar-refractivity contribution in [2.24, 2.45) is 0 Å². The number of amides is 1. The lowest BCUT2D eigenvalue weighted by Gasteiger charge is -2.43. The Hall–Kier alpha value is -1.81. The van der Waals surface area contributed by atoms with Gasteiger partial charge >= 0.3 is 0 Å². The Morgan fingerprint density at radius 1 is 1.09 bits per heavy atom. The molecule has 1 amide bonds. The van der Waals surface area contributed by atoms with Gasteiger partial charge in [-0.1, -0.05) is 40.2 Å². The lowest BCUT2D eigenvalue weighted by molar-refractivity contribution is -0.123. The maximum Gasteiger partial charge on any atom is 0.225 e. The summed E-state index contributed by atoms with van der Waals surface area (Å²) in [4.78, 5) is 12.4. The van der Waals surface area contributed by atoms with Gasteiger partial charge in [-0.2, -0.15) is 0 Å². The molecule has 0 aromatic heterocycles. The molecule has 0 aliphatic heterocycles. The second-order valence-corrected chi connectivity index (χ2v) is 6.82. The van der Waals surface area contributed by atoms with Crippen LogP contribution in [0.15, 0.2) is 53.0 Å². The highest BCUT2D eigenvalue weighted by molar-refractivity contribution is 9.10. The molecule has 1 fully saturated rings. The van der Waals surface area contributed by atoms with Crippen LogP contribution in [0, 0.1) is 0 Å². The average Bonchev–Trinajstić information content (AvgIpc) is 2.46. The van der Waals surface area contributed by atoms with Crippen molar-refractivity contribution < 1.29 is 4.79 Å². The van der Waals surface area contributed by atoms with Crippen LogP contribution < -0.4 is 11.1 Å². The standard InChI is InChI=1S/C18H19BrN2O/c19-15-6-4-14(5-7-15)18(10-1-11-18)21-17(22)12-13-2-8-16(20)9-3-13/h2-9H,1,10-12,20H2,(H,21,22). The SMILES string of the molecule is Nc1ccc(CC(=O)NC2(c3ccc(Br)cc3)CCC2)cc1. The first kappa shape index (κ1) is 15.1. The zero-order valence-corrected chi connectivity index (χ0v) is 13.9. The topological polar surface area (TPSA) is 55.1 Å². The molecule has 0 spiro atoms. The molecule has 114 valence electrons. The Balaban J connectivity index is 1.71. The van der Waals surface area contributed by atoms with Gasteiger partial charge in [-0.3, -0.25) is 4.79 Å². The smallest absolute Gasteiger partial charge is 0.225 e. The van der Waals surface area contributed by atoms with Gasteiger partial charge in [0, 0.05) is 10.2 Å². The molecule has 3 nitrogen and oxygen atoms in total. The summed E-state index contributed by atoms with van der Waals surface area (Å²) in [6.45, 7) is 0. The van der Waals surface area contributed by atoms with Gasteiger partial charge in [-0.05, 0) is 54.7 Å². The molecule has 2 aromatic carbocycles. The van der Waals surface area contributed by atoms with Crippen LogP contribution in [0.2, 0.25) is 0 Å². The van der Waals surface area contributed by atoms with E-state index in [4.69, 9.17) is 5.73 Å². The number of rotatable bonds is 4. The number of anilines is 1. The average molecular weight is 359 g/mol. The third kappa shape index (κ3) is 3.17. The van der Waals surface area contributed by atoms with Crippen molar-refractivity contribution >= 4 is 27.5 Å². The zero-order valence-electron chi connectivity index (χ0n) is 12.3. The van der Waals surface area contributed by atoms with Crippen molar-refractivity contribution in [2.45, 2.75) is 31.2 Å². The van der Waals surface area contributed by atoms with Crippen LogP contribution >= 0.6 is 15.9 Å². The summed E-state index contributed by atoms with van der Waals surface area (Å²) in [5, 5.41) is 3.24. The van der Waals surface area contributed by atoms with Crippen molar-refractivity contribution in [1.29, 1.82) is 0 Å². The fourth-order valence-corrected chi connectivity index (χ4v) is 3.18. The Bertz CT molecular complexity index is 660. The van der Waals surface area contributed by atoms with Gasteiger partial charge < -0.3 is 11.1 Å². The van der Waals surface area contributed by atoms with Crippen LogP contribution in [0.25, 0.3) is 0 Å². The van der Waals surface area contributed by atoms with Crippen LogP contribution in [-0.4, -0.2) is 5.91 Å². The summed E-state index contributed by atoms with van der Waals surface area (Å²) in [5.74, 6) is 0.0624. The number of hydrogen-bond acceptors (Lipinski definition) is 2. The molecule has 1 aliphatic rings. The van der Waals surface area contributed by atoms with E-state index in [0.717, 1.165) is 35.0 Å². The van der Waals surface area contributed by atoms with E-state index in [1.165, 1.54) is 5.56 Å². The van der Waals surface area contributed by atoms with E-state index < -0.39 is 0 Å². The van der Waals surface area contributed by atoms with Gasteiger partial charge in [0.15, 0.2) is 0 Å². The van der Waals surface area contributed by atoms with Crippen molar-refractivity contribution in [3.8, 4) is 0 Å². The summed E-state index contributed by atoms with van der Waals surface area (Å²) < 4.78 is 1.05. The van der Waals surface area contributed by atoms with Crippen molar-refractivity contribution in [2.75, 3.05) is 5.73 Å². The van der Waals surface area contributed by atoms with E-state index in [2.05, 4.69) is 33.4 Å². The van der Waals surface area contributed by atoms with E-state index in [0.29, 0.717) is 6.42 Å². The lowest BCUT2D eigenvalue weighted by atomic mass is 9.71. The number of carbonyl (C=O) groups is 1. The maximum atomic E-state index is 12.4. The minimum Gasteiger partial charge on any atom is -0.399 e. The van der Waals surface area contributed by atoms with Crippen molar-refractivity contribution in [1.82, 2.24) is 5.32 Å². The first-order chi connectivity index (χ1) is 10.6. The zero-order chi connectivity index (χ0) is 15.6. The van der Waals surface area contributed by atoms with E-state index in [-0.39, 0.29) is 11.4 Å². The van der Waals surface area contributed by atoms with Crippen molar-refractivity contribution in [3.05, 3.63) is 64.1 Å². The first-order valence-corrected chi connectivity index (χ1v) is 8.28. The molecule has 2 aromatic rings. The number of benzene rings is 2. The molecule has 0 atom stereocenters. The fraction of sp³-hybridized carbons (Fsp3) is 0.278. The van der Waals surface area contributed by atoms with Gasteiger partial charge in [0.2, 0.25) is 5.91 Å². The van der Waals surface area contributed by atoms with E-state index >= 15 is 0 Å². The van der Waals surface area contributed by atoms with Crippen LogP contribution in [0.5, 0.6) is 0 Å². The summed E-state index contributed by atoms with van der Waals surface area (Å²) in [5.41, 5.74) is 8.37.